The molecule has 1 aromatic heterocycles. The third-order valence-electron chi connectivity index (χ3n) is 1.83. The van der Waals surface area contributed by atoms with Crippen LogP contribution in [0.3, 0.4) is 0 Å². The fourth-order valence-corrected chi connectivity index (χ4v) is 2.12. The molecule has 1 rings (SSSR count). The first-order valence-corrected chi connectivity index (χ1v) is 6.00. The average molecular weight is 248 g/mol. The van der Waals surface area contributed by atoms with Gasteiger partial charge in [-0.25, -0.2) is 4.98 Å². The van der Waals surface area contributed by atoms with Crippen LogP contribution in [0, 0.1) is 0 Å². The number of thiazole rings is 1. The molecular formula is C9H14ClN3OS. The molecule has 1 amide bonds. The Morgan fingerprint density at radius 3 is 2.93 bits per heavy atom. The first kappa shape index (κ1) is 12.3. The molecule has 0 aliphatic carbocycles. The maximum Gasteiger partial charge on any atom is 0.219 e. The Balaban J connectivity index is 2.31. The van der Waals surface area contributed by atoms with Crippen LogP contribution in [-0.2, 0) is 11.2 Å². The van der Waals surface area contributed by atoms with Gasteiger partial charge in [0.25, 0.3) is 0 Å². The second-order valence-corrected chi connectivity index (χ2v) is 4.76. The van der Waals surface area contributed by atoms with Gasteiger partial charge >= 0.3 is 0 Å². The van der Waals surface area contributed by atoms with E-state index in [-0.39, 0.29) is 5.91 Å². The van der Waals surface area contributed by atoms with E-state index < -0.39 is 0 Å². The van der Waals surface area contributed by atoms with Crippen LogP contribution < -0.4 is 11.1 Å². The first-order valence-electron chi connectivity index (χ1n) is 4.81. The van der Waals surface area contributed by atoms with E-state index in [1.807, 2.05) is 6.92 Å². The summed E-state index contributed by atoms with van der Waals surface area (Å²) in [6.45, 7) is 2.53. The van der Waals surface area contributed by atoms with Gasteiger partial charge in [0.05, 0.1) is 5.69 Å². The van der Waals surface area contributed by atoms with Gasteiger partial charge in [0, 0.05) is 19.4 Å². The smallest absolute Gasteiger partial charge is 0.219 e. The Bertz CT molecular complexity index is 340. The molecule has 0 aliphatic rings. The summed E-state index contributed by atoms with van der Waals surface area (Å²) in [6, 6.07) is 0. The topological polar surface area (TPSA) is 68.0 Å². The van der Waals surface area contributed by atoms with Gasteiger partial charge in [0.2, 0.25) is 5.91 Å². The van der Waals surface area contributed by atoms with Crippen molar-refractivity contribution in [3.8, 4) is 0 Å². The highest BCUT2D eigenvalue weighted by Gasteiger charge is 2.07. The molecule has 1 aromatic rings. The molecule has 0 fully saturated rings. The van der Waals surface area contributed by atoms with E-state index in [0.717, 1.165) is 12.1 Å². The SMILES string of the molecule is CCCC(=O)NCCc1nc(N)sc1Cl. The van der Waals surface area contributed by atoms with Crippen molar-refractivity contribution in [3.63, 3.8) is 0 Å². The molecule has 0 bridgehead atoms. The van der Waals surface area contributed by atoms with Crippen molar-refractivity contribution in [3.05, 3.63) is 10.0 Å². The normalized spacial score (nSPS) is 10.3. The predicted octanol–water partition coefficient (Wildman–Crippen LogP) is 1.84. The van der Waals surface area contributed by atoms with Crippen LogP contribution in [0.2, 0.25) is 4.34 Å². The lowest BCUT2D eigenvalue weighted by molar-refractivity contribution is -0.121. The van der Waals surface area contributed by atoms with E-state index in [4.69, 9.17) is 17.3 Å². The molecule has 0 aromatic carbocycles. The standard InChI is InChI=1S/C9H14ClN3OS/c1-2-3-7(14)12-5-4-6-8(10)15-9(11)13-6/h2-5H2,1H3,(H2,11,13)(H,12,14). The van der Waals surface area contributed by atoms with Gasteiger partial charge in [0.15, 0.2) is 5.13 Å². The monoisotopic (exact) mass is 247 g/mol. The van der Waals surface area contributed by atoms with Crippen LogP contribution >= 0.6 is 22.9 Å². The molecule has 0 aliphatic heterocycles. The number of carbonyl (C=O) groups excluding carboxylic acids is 1. The summed E-state index contributed by atoms with van der Waals surface area (Å²) in [5.41, 5.74) is 6.25. The molecule has 0 saturated heterocycles. The zero-order chi connectivity index (χ0) is 11.3. The molecular weight excluding hydrogens is 234 g/mol. The third kappa shape index (κ3) is 4.05. The van der Waals surface area contributed by atoms with E-state index in [1.165, 1.54) is 11.3 Å². The number of nitrogens with one attached hydrogen (secondary N) is 1. The molecule has 4 nitrogen and oxygen atoms in total. The number of halogens is 1. The average Bonchev–Trinajstić information content (AvgIpc) is 2.46. The second kappa shape index (κ2) is 5.92. The Morgan fingerprint density at radius 1 is 1.67 bits per heavy atom. The zero-order valence-corrected chi connectivity index (χ0v) is 10.1. The Morgan fingerprint density at radius 2 is 2.40 bits per heavy atom. The van der Waals surface area contributed by atoms with Crippen molar-refractivity contribution < 1.29 is 4.79 Å². The molecule has 0 radical (unpaired) electrons. The predicted molar refractivity (Wildman–Crippen MR) is 63.2 cm³/mol. The summed E-state index contributed by atoms with van der Waals surface area (Å²) in [6.07, 6.45) is 2.05. The minimum atomic E-state index is 0.0665. The lowest BCUT2D eigenvalue weighted by atomic mass is 10.3. The number of nitrogen functional groups attached to an aromatic ring is 1. The minimum Gasteiger partial charge on any atom is -0.375 e. The van der Waals surface area contributed by atoms with E-state index >= 15 is 0 Å². The largest absolute Gasteiger partial charge is 0.375 e. The van der Waals surface area contributed by atoms with Crippen molar-refractivity contribution >= 4 is 34.0 Å². The number of anilines is 1. The summed E-state index contributed by atoms with van der Waals surface area (Å²) < 4.78 is 0.609. The lowest BCUT2D eigenvalue weighted by Crippen LogP contribution is -2.25. The van der Waals surface area contributed by atoms with Gasteiger partial charge in [-0.2, -0.15) is 0 Å². The van der Waals surface area contributed by atoms with E-state index in [2.05, 4.69) is 10.3 Å². The van der Waals surface area contributed by atoms with Crippen molar-refractivity contribution in [2.45, 2.75) is 26.2 Å². The molecule has 15 heavy (non-hydrogen) atoms. The molecule has 0 saturated carbocycles. The molecule has 1 heterocycles. The van der Waals surface area contributed by atoms with E-state index in [1.54, 1.807) is 0 Å². The zero-order valence-electron chi connectivity index (χ0n) is 8.55. The van der Waals surface area contributed by atoms with Crippen molar-refractivity contribution in [1.29, 1.82) is 0 Å². The number of amides is 1. The maximum absolute atomic E-state index is 11.1. The van der Waals surface area contributed by atoms with Crippen molar-refractivity contribution in [2.24, 2.45) is 0 Å². The van der Waals surface area contributed by atoms with Crippen LogP contribution in [0.15, 0.2) is 0 Å². The van der Waals surface area contributed by atoms with E-state index in [0.29, 0.717) is 28.9 Å². The molecule has 0 atom stereocenters. The fraction of sp³-hybridized carbons (Fsp3) is 0.556. The van der Waals surface area contributed by atoms with Gasteiger partial charge < -0.3 is 11.1 Å². The van der Waals surface area contributed by atoms with Gasteiger partial charge in [0.1, 0.15) is 4.34 Å². The highest BCUT2D eigenvalue weighted by molar-refractivity contribution is 7.19. The minimum absolute atomic E-state index is 0.0665. The quantitative estimate of drug-likeness (QED) is 0.834. The van der Waals surface area contributed by atoms with Gasteiger partial charge in [-0.15, -0.1) is 0 Å². The maximum atomic E-state index is 11.1. The van der Waals surface area contributed by atoms with Crippen molar-refractivity contribution in [1.82, 2.24) is 10.3 Å². The lowest BCUT2D eigenvalue weighted by Gasteiger charge is -2.02. The summed E-state index contributed by atoms with van der Waals surface area (Å²) in [5, 5.41) is 3.26. The van der Waals surface area contributed by atoms with Gasteiger partial charge in [-0.05, 0) is 6.42 Å². The number of carbonyl (C=O) groups is 1. The van der Waals surface area contributed by atoms with Gasteiger partial charge in [-0.1, -0.05) is 29.9 Å². The number of nitrogens with zero attached hydrogens (tertiary/aromatic N) is 1. The van der Waals surface area contributed by atoms with Crippen LogP contribution in [-0.4, -0.2) is 17.4 Å². The Labute approximate surface area is 97.8 Å². The number of rotatable bonds is 5. The van der Waals surface area contributed by atoms with Crippen LogP contribution in [0.5, 0.6) is 0 Å². The second-order valence-electron chi connectivity index (χ2n) is 3.12. The molecule has 84 valence electrons. The highest BCUT2D eigenvalue weighted by atomic mass is 35.5. The number of aromatic nitrogens is 1. The summed E-state index contributed by atoms with van der Waals surface area (Å²) in [5.74, 6) is 0.0665. The van der Waals surface area contributed by atoms with Gasteiger partial charge in [-0.3, -0.25) is 4.79 Å². The number of hydrogen-bond acceptors (Lipinski definition) is 4. The first-order chi connectivity index (χ1) is 7.13. The summed E-state index contributed by atoms with van der Waals surface area (Å²) in [7, 11) is 0. The molecule has 0 spiro atoms. The molecule has 0 unspecified atom stereocenters. The molecule has 6 heteroatoms. The Hall–Kier alpha value is -0.810. The highest BCUT2D eigenvalue weighted by Crippen LogP contribution is 2.25. The van der Waals surface area contributed by atoms with Crippen molar-refractivity contribution in [2.75, 3.05) is 12.3 Å². The number of nitrogens with two attached hydrogens (primary N) is 1. The summed E-state index contributed by atoms with van der Waals surface area (Å²) >= 11 is 7.14. The van der Waals surface area contributed by atoms with Crippen LogP contribution in [0.25, 0.3) is 0 Å². The number of hydrogen-bond donors (Lipinski definition) is 2. The van der Waals surface area contributed by atoms with E-state index in [9.17, 15) is 4.79 Å². The third-order valence-corrected chi connectivity index (χ3v) is 2.99. The molecule has 3 N–H and O–H groups in total. The Kier molecular flexibility index (Phi) is 4.84. The fourth-order valence-electron chi connectivity index (χ4n) is 1.14. The van der Waals surface area contributed by atoms with Crippen LogP contribution in [0.1, 0.15) is 25.5 Å². The summed E-state index contributed by atoms with van der Waals surface area (Å²) in [4.78, 5) is 15.2. The van der Waals surface area contributed by atoms with Crippen LogP contribution in [0.4, 0.5) is 5.13 Å².